The normalized spacial score (nSPS) is 19.4. The molecule has 2 N–H and O–H groups in total. The maximum atomic E-state index is 12.8. The molecule has 1 heterocycles. The van der Waals surface area contributed by atoms with Crippen LogP contribution in [0.3, 0.4) is 0 Å². The van der Waals surface area contributed by atoms with Gasteiger partial charge in [0.15, 0.2) is 10.6 Å². The first-order valence-electron chi connectivity index (χ1n) is 8.24. The van der Waals surface area contributed by atoms with Gasteiger partial charge in [-0.15, -0.1) is 0 Å². The summed E-state index contributed by atoms with van der Waals surface area (Å²) in [6, 6.07) is 2.43. The van der Waals surface area contributed by atoms with Gasteiger partial charge in [0.1, 0.15) is 12.6 Å². The molecule has 0 aliphatic carbocycles. The molecule has 0 saturated heterocycles. The molecule has 0 fully saturated rings. The average Bonchev–Trinajstić information content (AvgIpc) is 2.66. The van der Waals surface area contributed by atoms with Crippen molar-refractivity contribution >= 4 is 21.7 Å². The Bertz CT molecular complexity index is 911. The van der Waals surface area contributed by atoms with E-state index in [0.717, 1.165) is 6.07 Å². The Labute approximate surface area is 162 Å². The number of nitro groups is 1. The van der Waals surface area contributed by atoms with E-state index < -0.39 is 43.6 Å². The molecule has 1 aromatic carbocycles. The summed E-state index contributed by atoms with van der Waals surface area (Å²) < 4.78 is 38.0. The van der Waals surface area contributed by atoms with Crippen molar-refractivity contribution in [2.45, 2.75) is 23.9 Å². The minimum Gasteiger partial charge on any atom is -0.483 e. The summed E-state index contributed by atoms with van der Waals surface area (Å²) in [7, 11) is -3.00. The summed E-state index contributed by atoms with van der Waals surface area (Å²) in [5, 5.41) is 14.3. The number of nitro benzene ring substituents is 1. The molecule has 1 aliphatic rings. The lowest BCUT2D eigenvalue weighted by Crippen LogP contribution is -2.51. The molecule has 152 valence electrons. The van der Waals surface area contributed by atoms with E-state index in [1.165, 1.54) is 25.3 Å². The Kier molecular flexibility index (Phi) is 6.89. The highest BCUT2D eigenvalue weighted by Crippen LogP contribution is 2.34. The fraction of sp³-hybridized carbons (Fsp3) is 0.353. The van der Waals surface area contributed by atoms with Crippen molar-refractivity contribution in [1.29, 1.82) is 0 Å². The molecule has 1 aromatic rings. The Balaban J connectivity index is 2.34. The quantitative estimate of drug-likeness (QED) is 0.279. The van der Waals surface area contributed by atoms with Gasteiger partial charge in [-0.2, -0.15) is 0 Å². The second kappa shape index (κ2) is 8.95. The van der Waals surface area contributed by atoms with Crippen LogP contribution in [0.5, 0.6) is 5.75 Å². The minimum absolute atomic E-state index is 0.0128. The molecular weight excluding hydrogens is 390 g/mol. The number of carbonyl (C=O) groups excluding carboxylic acids is 1. The Hall–Kier alpha value is -2.76. The molecule has 0 bridgehead atoms. The van der Waals surface area contributed by atoms with Crippen molar-refractivity contribution in [3.8, 4) is 5.75 Å². The van der Waals surface area contributed by atoms with Crippen LogP contribution in [0.25, 0.3) is 0 Å². The van der Waals surface area contributed by atoms with Gasteiger partial charge in [0, 0.05) is 6.54 Å². The molecule has 2 unspecified atom stereocenters. The van der Waals surface area contributed by atoms with E-state index in [0.29, 0.717) is 5.57 Å². The van der Waals surface area contributed by atoms with Crippen LogP contribution in [0.1, 0.15) is 6.92 Å². The molecule has 10 nitrogen and oxygen atoms in total. The van der Waals surface area contributed by atoms with E-state index >= 15 is 0 Å². The van der Waals surface area contributed by atoms with Crippen LogP contribution in [0.2, 0.25) is 0 Å². The SMILES string of the molecule is C=CCOc1cccc(S(=O)(=O)NC2CNC(C(=O)OC)C=C2C)c1[N+](=O)[O-]. The van der Waals surface area contributed by atoms with E-state index in [4.69, 9.17) is 4.74 Å². The van der Waals surface area contributed by atoms with Gasteiger partial charge in [-0.25, -0.2) is 13.1 Å². The zero-order valence-electron chi connectivity index (χ0n) is 15.4. The first-order chi connectivity index (χ1) is 13.2. The van der Waals surface area contributed by atoms with Crippen LogP contribution in [0, 0.1) is 10.1 Å². The third-order valence-corrected chi connectivity index (χ3v) is 5.57. The minimum atomic E-state index is -4.25. The Morgan fingerprint density at radius 2 is 2.21 bits per heavy atom. The fourth-order valence-corrected chi connectivity index (χ4v) is 4.13. The fourth-order valence-electron chi connectivity index (χ4n) is 2.67. The molecule has 2 atom stereocenters. The number of rotatable bonds is 8. The zero-order valence-corrected chi connectivity index (χ0v) is 16.2. The number of hydrogen-bond donors (Lipinski definition) is 2. The van der Waals surface area contributed by atoms with Gasteiger partial charge < -0.3 is 9.47 Å². The molecule has 1 aliphatic heterocycles. The van der Waals surface area contributed by atoms with Gasteiger partial charge >= 0.3 is 11.7 Å². The summed E-state index contributed by atoms with van der Waals surface area (Å²) >= 11 is 0. The van der Waals surface area contributed by atoms with Crippen molar-refractivity contribution in [3.05, 3.63) is 52.6 Å². The smallest absolute Gasteiger partial charge is 0.330 e. The average molecular weight is 411 g/mol. The molecule has 28 heavy (non-hydrogen) atoms. The number of nitrogens with zero attached hydrogens (tertiary/aromatic N) is 1. The van der Waals surface area contributed by atoms with E-state index in [-0.39, 0.29) is 18.9 Å². The van der Waals surface area contributed by atoms with Crippen LogP contribution in [0.4, 0.5) is 5.69 Å². The van der Waals surface area contributed by atoms with E-state index in [2.05, 4.69) is 21.4 Å². The summed E-state index contributed by atoms with van der Waals surface area (Å²) in [6.07, 6.45) is 2.93. The van der Waals surface area contributed by atoms with E-state index in [1.807, 2.05) is 0 Å². The number of nitrogens with one attached hydrogen (secondary N) is 2. The number of esters is 1. The first kappa shape index (κ1) is 21.5. The highest BCUT2D eigenvalue weighted by molar-refractivity contribution is 7.89. The van der Waals surface area contributed by atoms with Gasteiger partial charge in [-0.3, -0.25) is 20.2 Å². The lowest BCUT2D eigenvalue weighted by Gasteiger charge is -2.27. The zero-order chi connectivity index (χ0) is 20.9. The molecule has 0 aromatic heterocycles. The third kappa shape index (κ3) is 4.74. The first-order valence-corrected chi connectivity index (χ1v) is 9.72. The summed E-state index contributed by atoms with van der Waals surface area (Å²) in [5.74, 6) is -0.670. The van der Waals surface area contributed by atoms with E-state index in [9.17, 15) is 23.3 Å². The third-order valence-electron chi connectivity index (χ3n) is 4.06. The van der Waals surface area contributed by atoms with Crippen LogP contribution >= 0.6 is 0 Å². The number of carbonyl (C=O) groups is 1. The van der Waals surface area contributed by atoms with Crippen molar-refractivity contribution in [2.24, 2.45) is 0 Å². The predicted molar refractivity (Wildman–Crippen MR) is 100 cm³/mol. The molecule has 0 spiro atoms. The van der Waals surface area contributed by atoms with Crippen molar-refractivity contribution < 1.29 is 27.6 Å². The van der Waals surface area contributed by atoms with Gasteiger partial charge in [-0.05, 0) is 19.1 Å². The van der Waals surface area contributed by atoms with Crippen LogP contribution < -0.4 is 14.8 Å². The van der Waals surface area contributed by atoms with Crippen LogP contribution in [-0.2, 0) is 19.6 Å². The van der Waals surface area contributed by atoms with Crippen LogP contribution in [-0.4, -0.2) is 51.7 Å². The number of ether oxygens (including phenoxy) is 2. The lowest BCUT2D eigenvalue weighted by molar-refractivity contribution is -0.388. The van der Waals surface area contributed by atoms with Gasteiger partial charge in [0.2, 0.25) is 10.0 Å². The van der Waals surface area contributed by atoms with Crippen LogP contribution in [0.15, 0.2) is 47.4 Å². The topological polar surface area (TPSA) is 137 Å². The predicted octanol–water partition coefficient (Wildman–Crippen LogP) is 0.898. The molecule has 2 rings (SSSR count). The summed E-state index contributed by atoms with van der Waals surface area (Å²) in [4.78, 5) is 21.8. The Morgan fingerprint density at radius 3 is 2.79 bits per heavy atom. The molecule has 0 saturated carbocycles. The summed E-state index contributed by atoms with van der Waals surface area (Å²) in [5.41, 5.74) is -0.0749. The number of methoxy groups -OCH3 is 1. The van der Waals surface area contributed by atoms with Gasteiger partial charge in [0.25, 0.3) is 0 Å². The molecule has 11 heteroatoms. The maximum Gasteiger partial charge on any atom is 0.330 e. The Morgan fingerprint density at radius 1 is 1.50 bits per heavy atom. The number of para-hydroxylation sites is 1. The highest BCUT2D eigenvalue weighted by atomic mass is 32.2. The standard InChI is InChI=1S/C17H21N3O7S/c1-4-8-27-14-6-5-7-15(16(14)20(22)23)28(24,25)19-13-10-18-12(9-11(13)2)17(21)26-3/h4-7,9,12-13,18-19H,1,8,10H2,2-3H3. The molecular formula is C17H21N3O7S. The van der Waals surface area contributed by atoms with Crippen molar-refractivity contribution in [3.63, 3.8) is 0 Å². The van der Waals surface area contributed by atoms with Gasteiger partial charge in [-0.1, -0.05) is 30.4 Å². The van der Waals surface area contributed by atoms with E-state index in [1.54, 1.807) is 13.0 Å². The largest absolute Gasteiger partial charge is 0.483 e. The second-order valence-corrected chi connectivity index (χ2v) is 7.64. The van der Waals surface area contributed by atoms with Crippen molar-refractivity contribution in [1.82, 2.24) is 10.0 Å². The van der Waals surface area contributed by atoms with Crippen molar-refractivity contribution in [2.75, 3.05) is 20.3 Å². The summed E-state index contributed by atoms with van der Waals surface area (Å²) in [6.45, 7) is 5.22. The lowest BCUT2D eigenvalue weighted by atomic mass is 10.0. The second-order valence-electron chi connectivity index (χ2n) is 5.95. The highest BCUT2D eigenvalue weighted by Gasteiger charge is 2.33. The number of hydrogen-bond acceptors (Lipinski definition) is 8. The number of sulfonamides is 1. The molecule has 0 radical (unpaired) electrons. The monoisotopic (exact) mass is 411 g/mol. The maximum absolute atomic E-state index is 12.8. The van der Waals surface area contributed by atoms with Gasteiger partial charge in [0.05, 0.1) is 18.1 Å². The number of benzene rings is 1. The molecule has 0 amide bonds.